The minimum absolute atomic E-state index is 0.119. The maximum absolute atomic E-state index is 11.9. The van der Waals surface area contributed by atoms with Gasteiger partial charge in [0.05, 0.1) is 35.8 Å². The van der Waals surface area contributed by atoms with E-state index in [1.165, 1.54) is 7.11 Å². The van der Waals surface area contributed by atoms with Gasteiger partial charge < -0.3 is 4.74 Å². The molecule has 5 heteroatoms. The van der Waals surface area contributed by atoms with Gasteiger partial charge in [-0.1, -0.05) is 12.1 Å². The first-order valence-electron chi connectivity index (χ1n) is 6.50. The lowest BCUT2D eigenvalue weighted by molar-refractivity contribution is 0.0600. The molecule has 5 nitrogen and oxygen atoms in total. The lowest BCUT2D eigenvalue weighted by Gasteiger charge is -2.15. The van der Waals surface area contributed by atoms with Crippen LogP contribution >= 0.6 is 0 Å². The average molecular weight is 270 g/mol. The van der Waals surface area contributed by atoms with Crippen molar-refractivity contribution in [3.63, 3.8) is 0 Å². The topological polar surface area (TPSA) is 61.2 Å². The highest BCUT2D eigenvalue weighted by molar-refractivity contribution is 5.98. The maximum atomic E-state index is 11.9. The third kappa shape index (κ3) is 1.91. The lowest BCUT2D eigenvalue weighted by Crippen LogP contribution is -2.15. The Bertz CT molecular complexity index is 688. The van der Waals surface area contributed by atoms with Crippen LogP contribution in [0.15, 0.2) is 30.5 Å². The molecule has 0 fully saturated rings. The van der Waals surface area contributed by atoms with Crippen LogP contribution in [0, 0.1) is 0 Å². The molecule has 0 N–H and O–H groups in total. The van der Waals surface area contributed by atoms with Crippen molar-refractivity contribution >= 4 is 11.8 Å². The van der Waals surface area contributed by atoms with Gasteiger partial charge in [0.25, 0.3) is 0 Å². The third-order valence-electron chi connectivity index (χ3n) is 3.52. The van der Waals surface area contributed by atoms with Crippen LogP contribution in [0.4, 0.5) is 0 Å². The Morgan fingerprint density at radius 2 is 2.10 bits per heavy atom. The molecule has 0 atom stereocenters. The fourth-order valence-corrected chi connectivity index (χ4v) is 2.55. The highest BCUT2D eigenvalue weighted by Crippen LogP contribution is 2.25. The van der Waals surface area contributed by atoms with Crippen LogP contribution < -0.4 is 0 Å². The number of para-hydroxylation sites is 1. The third-order valence-corrected chi connectivity index (χ3v) is 3.52. The number of carbonyl (C=O) groups excluding carboxylic acids is 2. The summed E-state index contributed by atoms with van der Waals surface area (Å²) in [5.41, 5.74) is 2.63. The van der Waals surface area contributed by atoms with Crippen molar-refractivity contribution in [3.8, 4) is 5.69 Å². The molecule has 0 saturated carbocycles. The zero-order valence-corrected chi connectivity index (χ0v) is 11.1. The lowest BCUT2D eigenvalue weighted by atomic mass is 9.96. The van der Waals surface area contributed by atoms with Crippen LogP contribution in [-0.2, 0) is 11.2 Å². The number of ether oxygens (including phenoxy) is 1. The number of hydrogen-bond donors (Lipinski definition) is 0. The van der Waals surface area contributed by atoms with Crippen molar-refractivity contribution in [2.45, 2.75) is 19.3 Å². The Balaban J connectivity index is 2.15. The van der Waals surface area contributed by atoms with E-state index in [0.29, 0.717) is 23.2 Å². The van der Waals surface area contributed by atoms with Crippen molar-refractivity contribution in [3.05, 3.63) is 47.3 Å². The number of benzene rings is 1. The fourth-order valence-electron chi connectivity index (χ4n) is 2.55. The number of Topliss-reactive ketones (excluding diaryl/α,β-unsaturated/α-hetero) is 1. The normalized spacial score (nSPS) is 13.9. The molecule has 0 radical (unpaired) electrons. The molecule has 0 spiro atoms. The smallest absolute Gasteiger partial charge is 0.340 e. The Morgan fingerprint density at radius 3 is 2.90 bits per heavy atom. The molecular formula is C15H14N2O3. The van der Waals surface area contributed by atoms with Crippen molar-refractivity contribution in [1.29, 1.82) is 0 Å². The van der Waals surface area contributed by atoms with Gasteiger partial charge in [-0.05, 0) is 25.0 Å². The van der Waals surface area contributed by atoms with Crippen molar-refractivity contribution in [2.24, 2.45) is 0 Å². The van der Waals surface area contributed by atoms with E-state index in [1.807, 2.05) is 6.07 Å². The predicted octanol–water partition coefficient (Wildman–Crippen LogP) is 2.18. The van der Waals surface area contributed by atoms with E-state index < -0.39 is 5.97 Å². The SMILES string of the molecule is COC(=O)c1ccccc1-n1ncc2c1CCCC2=O. The number of aromatic nitrogens is 2. The molecule has 1 heterocycles. The van der Waals surface area contributed by atoms with Gasteiger partial charge in [0.15, 0.2) is 5.78 Å². The number of hydrogen-bond acceptors (Lipinski definition) is 4. The average Bonchev–Trinajstić information content (AvgIpc) is 2.92. The largest absolute Gasteiger partial charge is 0.465 e. The number of nitrogens with zero attached hydrogens (tertiary/aromatic N) is 2. The number of esters is 1. The summed E-state index contributed by atoms with van der Waals surface area (Å²) in [6, 6.07) is 7.11. The molecular weight excluding hydrogens is 256 g/mol. The molecule has 0 bridgehead atoms. The first-order chi connectivity index (χ1) is 9.72. The van der Waals surface area contributed by atoms with Crippen molar-refractivity contribution in [2.75, 3.05) is 7.11 Å². The quantitative estimate of drug-likeness (QED) is 0.785. The Kier molecular flexibility index (Phi) is 3.10. The number of carbonyl (C=O) groups is 2. The van der Waals surface area contributed by atoms with Crippen LogP contribution in [0.3, 0.4) is 0 Å². The first kappa shape index (κ1) is 12.6. The van der Waals surface area contributed by atoms with Gasteiger partial charge in [-0.2, -0.15) is 5.10 Å². The highest BCUT2D eigenvalue weighted by Gasteiger charge is 2.24. The van der Waals surface area contributed by atoms with E-state index in [2.05, 4.69) is 5.10 Å². The fraction of sp³-hybridized carbons (Fsp3) is 0.267. The minimum Gasteiger partial charge on any atom is -0.465 e. The molecule has 1 aliphatic carbocycles. The summed E-state index contributed by atoms with van der Waals surface area (Å²) in [6.45, 7) is 0. The van der Waals surface area contributed by atoms with E-state index in [4.69, 9.17) is 4.74 Å². The summed E-state index contributed by atoms with van der Waals surface area (Å²) in [5.74, 6) is -0.292. The number of ketones is 1. The first-order valence-corrected chi connectivity index (χ1v) is 6.50. The highest BCUT2D eigenvalue weighted by atomic mass is 16.5. The molecule has 20 heavy (non-hydrogen) atoms. The summed E-state index contributed by atoms with van der Waals surface area (Å²) < 4.78 is 6.47. The van der Waals surface area contributed by atoms with Gasteiger partial charge >= 0.3 is 5.97 Å². The van der Waals surface area contributed by atoms with Crippen LogP contribution in [0.2, 0.25) is 0 Å². The molecule has 1 aromatic heterocycles. The second-order valence-electron chi connectivity index (χ2n) is 4.70. The zero-order valence-electron chi connectivity index (χ0n) is 11.1. The maximum Gasteiger partial charge on any atom is 0.340 e. The molecule has 0 saturated heterocycles. The van der Waals surface area contributed by atoms with E-state index in [1.54, 1.807) is 29.1 Å². The molecule has 102 valence electrons. The monoisotopic (exact) mass is 270 g/mol. The summed E-state index contributed by atoms with van der Waals surface area (Å²) in [6.07, 6.45) is 3.76. The summed E-state index contributed by atoms with van der Waals surface area (Å²) in [5, 5.41) is 4.28. The number of methoxy groups -OCH3 is 1. The second kappa shape index (κ2) is 4.92. The van der Waals surface area contributed by atoms with Gasteiger partial charge in [0, 0.05) is 6.42 Å². The predicted molar refractivity (Wildman–Crippen MR) is 72.2 cm³/mol. The van der Waals surface area contributed by atoms with E-state index in [9.17, 15) is 9.59 Å². The van der Waals surface area contributed by atoms with Crippen LogP contribution in [0.25, 0.3) is 5.69 Å². The Labute approximate surface area is 116 Å². The molecule has 0 aliphatic heterocycles. The van der Waals surface area contributed by atoms with Crippen molar-refractivity contribution in [1.82, 2.24) is 9.78 Å². The van der Waals surface area contributed by atoms with Gasteiger partial charge in [-0.25, -0.2) is 9.48 Å². The van der Waals surface area contributed by atoms with Gasteiger partial charge in [0.2, 0.25) is 0 Å². The standard InChI is InChI=1S/C15H14N2O3/c1-20-15(19)10-5-2-3-6-12(10)17-13-7-4-8-14(18)11(13)9-16-17/h2-3,5-6,9H,4,7-8H2,1H3. The van der Waals surface area contributed by atoms with Crippen LogP contribution in [0.1, 0.15) is 39.3 Å². The Morgan fingerprint density at radius 1 is 1.30 bits per heavy atom. The number of rotatable bonds is 2. The minimum atomic E-state index is -0.410. The second-order valence-corrected chi connectivity index (χ2v) is 4.70. The van der Waals surface area contributed by atoms with Gasteiger partial charge in [-0.3, -0.25) is 4.79 Å². The summed E-state index contributed by atoms with van der Waals surface area (Å²) >= 11 is 0. The molecule has 1 aliphatic rings. The van der Waals surface area contributed by atoms with E-state index in [0.717, 1.165) is 18.5 Å². The van der Waals surface area contributed by atoms with Gasteiger partial charge in [0.1, 0.15) is 0 Å². The molecule has 2 aromatic rings. The molecule has 1 aromatic carbocycles. The Hall–Kier alpha value is -2.43. The van der Waals surface area contributed by atoms with E-state index in [-0.39, 0.29) is 5.78 Å². The molecule has 0 amide bonds. The number of fused-ring (bicyclic) bond motifs is 1. The van der Waals surface area contributed by atoms with Crippen molar-refractivity contribution < 1.29 is 14.3 Å². The van der Waals surface area contributed by atoms with Crippen LogP contribution in [0.5, 0.6) is 0 Å². The van der Waals surface area contributed by atoms with E-state index >= 15 is 0 Å². The van der Waals surface area contributed by atoms with Gasteiger partial charge in [-0.15, -0.1) is 0 Å². The summed E-state index contributed by atoms with van der Waals surface area (Å²) in [4.78, 5) is 23.7. The molecule has 3 rings (SSSR count). The van der Waals surface area contributed by atoms with Crippen LogP contribution in [-0.4, -0.2) is 28.6 Å². The molecule has 0 unspecified atom stereocenters. The zero-order chi connectivity index (χ0) is 14.1. The summed E-state index contributed by atoms with van der Waals surface area (Å²) in [7, 11) is 1.35.